The van der Waals surface area contributed by atoms with Crippen molar-refractivity contribution in [3.63, 3.8) is 0 Å². The van der Waals surface area contributed by atoms with E-state index in [0.29, 0.717) is 11.2 Å². The average molecular weight is 321 g/mol. The molecule has 0 bridgehead atoms. The average Bonchev–Trinajstić information content (AvgIpc) is 2.91. The molecule has 1 aliphatic heterocycles. The summed E-state index contributed by atoms with van der Waals surface area (Å²) in [7, 11) is 3.83. The molecule has 0 atom stereocenters. The lowest BCUT2D eigenvalue weighted by atomic mass is 10.3. The maximum atomic E-state index is 12.3. The minimum Gasteiger partial charge on any atom is -0.334 e. The largest absolute Gasteiger partial charge is 0.334 e. The van der Waals surface area contributed by atoms with Gasteiger partial charge in [0, 0.05) is 13.6 Å². The van der Waals surface area contributed by atoms with Crippen LogP contribution in [0.1, 0.15) is 19.8 Å². The number of quaternary nitrogens is 1. The first-order chi connectivity index (χ1) is 11.0. The van der Waals surface area contributed by atoms with Crippen molar-refractivity contribution in [2.45, 2.75) is 26.3 Å². The molecule has 0 spiro atoms. The Hall–Kier alpha value is -2.09. The second-order valence-electron chi connectivity index (χ2n) is 6.35. The van der Waals surface area contributed by atoms with E-state index < -0.39 is 5.69 Å². The van der Waals surface area contributed by atoms with Gasteiger partial charge >= 0.3 is 5.69 Å². The van der Waals surface area contributed by atoms with Gasteiger partial charge < -0.3 is 14.4 Å². The van der Waals surface area contributed by atoms with Crippen molar-refractivity contribution >= 4 is 17.1 Å². The van der Waals surface area contributed by atoms with Gasteiger partial charge in [0.05, 0.1) is 33.2 Å². The van der Waals surface area contributed by atoms with Crippen molar-refractivity contribution in [3.8, 4) is 0 Å². The molecular weight excluding hydrogens is 296 g/mol. The van der Waals surface area contributed by atoms with Crippen LogP contribution in [0, 0.1) is 0 Å². The highest BCUT2D eigenvalue weighted by Crippen LogP contribution is 2.20. The van der Waals surface area contributed by atoms with Crippen LogP contribution < -0.4 is 21.0 Å². The number of aryl methyl sites for hydroxylation is 2. The summed E-state index contributed by atoms with van der Waals surface area (Å²) in [6, 6.07) is 0. The number of fused-ring (bicyclic) bond motifs is 1. The summed E-state index contributed by atoms with van der Waals surface area (Å²) < 4.78 is 3.40. The summed E-state index contributed by atoms with van der Waals surface area (Å²) in [5.74, 6) is 0.813. The van der Waals surface area contributed by atoms with Gasteiger partial charge in [0.2, 0.25) is 5.95 Å². The Morgan fingerprint density at radius 2 is 1.96 bits per heavy atom. The first kappa shape index (κ1) is 15.8. The molecule has 0 amide bonds. The Bertz CT molecular complexity index is 810. The lowest BCUT2D eigenvalue weighted by Gasteiger charge is -2.31. The number of nitrogens with zero attached hydrogens (tertiary/aromatic N) is 4. The van der Waals surface area contributed by atoms with Crippen LogP contribution in [0.5, 0.6) is 0 Å². The van der Waals surface area contributed by atoms with E-state index in [1.807, 2.05) is 4.57 Å². The number of hydrogen-bond donors (Lipinski definition) is 2. The molecule has 0 aromatic carbocycles. The van der Waals surface area contributed by atoms with Gasteiger partial charge in [0.1, 0.15) is 0 Å². The molecule has 1 fully saturated rings. The Morgan fingerprint density at radius 1 is 1.26 bits per heavy atom. The van der Waals surface area contributed by atoms with E-state index in [1.54, 1.807) is 7.05 Å². The summed E-state index contributed by atoms with van der Waals surface area (Å²) in [6.45, 7) is 6.78. The number of piperazine rings is 1. The summed E-state index contributed by atoms with van der Waals surface area (Å²) >= 11 is 0. The number of aromatic nitrogens is 4. The number of rotatable bonds is 4. The maximum absolute atomic E-state index is 12.3. The van der Waals surface area contributed by atoms with E-state index in [4.69, 9.17) is 0 Å². The number of nitrogens with one attached hydrogen (secondary N) is 2. The molecule has 3 heterocycles. The number of unbranched alkanes of at least 4 members (excludes halogenated alkanes) is 1. The minimum absolute atomic E-state index is 0.349. The van der Waals surface area contributed by atoms with Gasteiger partial charge in [-0.25, -0.2) is 4.79 Å². The van der Waals surface area contributed by atoms with Gasteiger partial charge in [-0.15, -0.1) is 0 Å². The molecular formula is C15H25N6O2+. The van der Waals surface area contributed by atoms with Crippen molar-refractivity contribution in [2.24, 2.45) is 7.05 Å². The summed E-state index contributed by atoms with van der Waals surface area (Å²) in [5, 5.41) is 0. The van der Waals surface area contributed by atoms with Crippen molar-refractivity contribution in [1.29, 1.82) is 0 Å². The van der Waals surface area contributed by atoms with Gasteiger partial charge in [0.25, 0.3) is 5.56 Å². The SMILES string of the molecule is CCCCn1c(N2CC[NH+](C)CC2)nc2c1c(=O)[nH]c(=O)n2C. The standard InChI is InChI=1S/C15H24N6O2/c1-4-5-6-21-11-12(19(3)15(23)17-13(11)22)16-14(21)20-9-7-18(2)8-10-20/h4-10H2,1-3H3,(H,17,22,23)/p+1. The van der Waals surface area contributed by atoms with E-state index in [1.165, 1.54) is 9.47 Å². The second-order valence-corrected chi connectivity index (χ2v) is 6.35. The fourth-order valence-electron chi connectivity index (χ4n) is 3.08. The molecule has 126 valence electrons. The molecule has 1 aliphatic rings. The van der Waals surface area contributed by atoms with Gasteiger partial charge in [-0.1, -0.05) is 13.3 Å². The van der Waals surface area contributed by atoms with Crippen LogP contribution in [0.15, 0.2) is 9.59 Å². The zero-order chi connectivity index (χ0) is 16.6. The number of imidazole rings is 1. The smallest absolute Gasteiger partial charge is 0.329 e. The molecule has 23 heavy (non-hydrogen) atoms. The molecule has 8 nitrogen and oxygen atoms in total. The summed E-state index contributed by atoms with van der Waals surface area (Å²) in [6.07, 6.45) is 2.01. The third kappa shape index (κ3) is 2.78. The molecule has 2 aromatic rings. The Morgan fingerprint density at radius 3 is 2.61 bits per heavy atom. The summed E-state index contributed by atoms with van der Waals surface area (Å²) in [5.41, 5.74) is 0.202. The number of likely N-dealkylation sites (N-methyl/N-ethyl adjacent to an activating group) is 1. The predicted molar refractivity (Wildman–Crippen MR) is 89.3 cm³/mol. The highest BCUT2D eigenvalue weighted by molar-refractivity contribution is 5.74. The van der Waals surface area contributed by atoms with Crippen LogP contribution in [0.2, 0.25) is 0 Å². The lowest BCUT2D eigenvalue weighted by molar-refractivity contribution is -0.880. The van der Waals surface area contributed by atoms with Crippen molar-refractivity contribution in [2.75, 3.05) is 38.1 Å². The molecule has 3 rings (SSSR count). The number of hydrogen-bond acceptors (Lipinski definition) is 4. The highest BCUT2D eigenvalue weighted by atomic mass is 16.2. The van der Waals surface area contributed by atoms with E-state index >= 15 is 0 Å². The van der Waals surface area contributed by atoms with Crippen LogP contribution in [0.25, 0.3) is 11.2 Å². The van der Waals surface area contributed by atoms with Gasteiger partial charge in [0.15, 0.2) is 11.2 Å². The highest BCUT2D eigenvalue weighted by Gasteiger charge is 2.24. The normalized spacial score (nSPS) is 16.4. The zero-order valence-electron chi connectivity index (χ0n) is 14.1. The first-order valence-electron chi connectivity index (χ1n) is 8.28. The Balaban J connectivity index is 2.16. The first-order valence-corrected chi connectivity index (χ1v) is 8.28. The van der Waals surface area contributed by atoms with E-state index in [0.717, 1.165) is 51.5 Å². The number of H-pyrrole nitrogens is 1. The molecule has 8 heteroatoms. The van der Waals surface area contributed by atoms with Gasteiger partial charge in [-0.3, -0.25) is 14.3 Å². The van der Waals surface area contributed by atoms with Crippen molar-refractivity contribution in [3.05, 3.63) is 20.8 Å². The molecule has 0 aliphatic carbocycles. The minimum atomic E-state index is -0.419. The third-order valence-corrected chi connectivity index (χ3v) is 4.62. The van der Waals surface area contributed by atoms with Gasteiger partial charge in [-0.05, 0) is 6.42 Å². The second kappa shape index (κ2) is 6.19. The summed E-state index contributed by atoms with van der Waals surface area (Å²) in [4.78, 5) is 35.0. The van der Waals surface area contributed by atoms with Crippen LogP contribution in [-0.2, 0) is 13.6 Å². The van der Waals surface area contributed by atoms with Crippen LogP contribution >= 0.6 is 0 Å². The van der Waals surface area contributed by atoms with Crippen LogP contribution in [-0.4, -0.2) is 52.3 Å². The fourth-order valence-corrected chi connectivity index (χ4v) is 3.08. The third-order valence-electron chi connectivity index (χ3n) is 4.62. The molecule has 0 radical (unpaired) electrons. The molecule has 0 saturated carbocycles. The fraction of sp³-hybridized carbons (Fsp3) is 0.667. The molecule has 2 N–H and O–H groups in total. The maximum Gasteiger partial charge on any atom is 0.329 e. The van der Waals surface area contributed by atoms with E-state index in [-0.39, 0.29) is 5.56 Å². The van der Waals surface area contributed by atoms with Gasteiger partial charge in [-0.2, -0.15) is 4.98 Å². The Kier molecular flexibility index (Phi) is 4.25. The lowest BCUT2D eigenvalue weighted by Crippen LogP contribution is -3.12. The van der Waals surface area contributed by atoms with Crippen molar-refractivity contribution < 1.29 is 4.90 Å². The molecule has 0 unspecified atom stereocenters. The number of aromatic amines is 1. The van der Waals surface area contributed by atoms with E-state index in [9.17, 15) is 9.59 Å². The topological polar surface area (TPSA) is 80.4 Å². The number of anilines is 1. The zero-order valence-corrected chi connectivity index (χ0v) is 14.1. The quantitative estimate of drug-likeness (QED) is 0.723. The van der Waals surface area contributed by atoms with E-state index in [2.05, 4.69) is 28.8 Å². The van der Waals surface area contributed by atoms with Crippen LogP contribution in [0.3, 0.4) is 0 Å². The monoisotopic (exact) mass is 321 g/mol. The Labute approximate surface area is 134 Å². The van der Waals surface area contributed by atoms with Crippen molar-refractivity contribution in [1.82, 2.24) is 19.1 Å². The van der Waals surface area contributed by atoms with Crippen LogP contribution in [0.4, 0.5) is 5.95 Å². The molecule has 2 aromatic heterocycles. The predicted octanol–water partition coefficient (Wildman–Crippen LogP) is -1.44. The molecule has 1 saturated heterocycles.